The van der Waals surface area contributed by atoms with Gasteiger partial charge in [-0.25, -0.2) is 0 Å². The smallest absolute Gasteiger partial charge is 0.0727 e. The van der Waals surface area contributed by atoms with Crippen molar-refractivity contribution in [2.24, 2.45) is 0 Å². The van der Waals surface area contributed by atoms with Gasteiger partial charge >= 0.3 is 0 Å². The van der Waals surface area contributed by atoms with Crippen LogP contribution in [-0.2, 0) is 5.41 Å². The summed E-state index contributed by atoms with van der Waals surface area (Å²) in [6.07, 6.45) is 0. The number of anilines is 6. The molecule has 1 aliphatic carbocycles. The number of benzene rings is 10. The van der Waals surface area contributed by atoms with E-state index in [9.17, 15) is 5.48 Å². The van der Waals surface area contributed by atoms with E-state index in [1.54, 1.807) is 11.3 Å². The summed E-state index contributed by atoms with van der Waals surface area (Å²) < 4.78 is 67.8. The number of hydrogen-bond acceptors (Lipinski definition) is 3. The van der Waals surface area contributed by atoms with Crippen LogP contribution in [0.3, 0.4) is 0 Å². The Morgan fingerprint density at radius 3 is 1.42 bits per heavy atom. The van der Waals surface area contributed by atoms with E-state index in [0.29, 0.717) is 0 Å². The van der Waals surface area contributed by atoms with Crippen LogP contribution < -0.4 is 9.80 Å². The molecule has 0 saturated carbocycles. The Balaban J connectivity index is 1.26. The van der Waals surface area contributed by atoms with Gasteiger partial charge in [-0.15, -0.1) is 11.3 Å². The molecule has 0 radical (unpaired) electrons. The summed E-state index contributed by atoms with van der Waals surface area (Å²) in [7, 11) is 0. The maximum Gasteiger partial charge on any atom is 0.0727 e. The van der Waals surface area contributed by atoms with E-state index in [0.717, 1.165) is 82.1 Å². The quantitative estimate of drug-likeness (QED) is 0.151. The number of fused-ring (bicyclic) bond motifs is 7. The van der Waals surface area contributed by atoms with Crippen LogP contribution in [0.25, 0.3) is 42.1 Å². The molecule has 62 heavy (non-hydrogen) atoms. The average molecular weight is 816 g/mol. The zero-order valence-corrected chi connectivity index (χ0v) is 34.2. The van der Waals surface area contributed by atoms with Crippen LogP contribution in [0.4, 0.5) is 34.1 Å². The van der Waals surface area contributed by atoms with E-state index in [4.69, 9.17) is 4.11 Å². The molecule has 0 saturated heterocycles. The van der Waals surface area contributed by atoms with Gasteiger partial charge in [0.2, 0.25) is 0 Å². The van der Waals surface area contributed by atoms with Gasteiger partial charge in [0.25, 0.3) is 0 Å². The molecule has 10 aromatic carbocycles. The highest BCUT2D eigenvalue weighted by Gasteiger charge is 2.48. The minimum Gasteiger partial charge on any atom is -0.310 e. The first-order chi connectivity index (χ1) is 33.7. The Hall–Kier alpha value is -7.72. The summed E-state index contributed by atoms with van der Waals surface area (Å²) in [5, 5.41) is 1.87. The van der Waals surface area contributed by atoms with Gasteiger partial charge in [0.1, 0.15) is 0 Å². The van der Waals surface area contributed by atoms with Crippen molar-refractivity contribution in [3.63, 3.8) is 0 Å². The molecular weight excluding hydrogens is 769 g/mol. The van der Waals surface area contributed by atoms with Gasteiger partial charge in [-0.1, -0.05) is 158 Å². The highest BCUT2D eigenvalue weighted by atomic mass is 32.1. The molecule has 0 N–H and O–H groups in total. The van der Waals surface area contributed by atoms with E-state index in [-0.39, 0.29) is 34.5 Å². The molecule has 1 aromatic heterocycles. The molecule has 2 nitrogen and oxygen atoms in total. The van der Waals surface area contributed by atoms with Crippen molar-refractivity contribution in [2.75, 3.05) is 9.80 Å². The Labute approximate surface area is 375 Å². The molecule has 0 unspecified atom stereocenters. The highest BCUT2D eigenvalue weighted by Crippen LogP contribution is 2.60. The largest absolute Gasteiger partial charge is 0.310 e. The van der Waals surface area contributed by atoms with Crippen LogP contribution in [0, 0.1) is 0 Å². The van der Waals surface area contributed by atoms with Crippen molar-refractivity contribution >= 4 is 76.4 Å². The van der Waals surface area contributed by atoms with Crippen molar-refractivity contribution in [2.45, 2.75) is 5.41 Å². The summed E-state index contributed by atoms with van der Waals surface area (Å²) in [4.78, 5) is 4.44. The fourth-order valence-electron chi connectivity index (χ4n) is 9.50. The van der Waals surface area contributed by atoms with Crippen molar-refractivity contribution in [3.8, 4) is 11.1 Å². The lowest BCUT2D eigenvalue weighted by Gasteiger charge is -2.35. The minimum atomic E-state index is -1.44. The number of rotatable bonds is 8. The molecule has 12 rings (SSSR count). The lowest BCUT2D eigenvalue weighted by molar-refractivity contribution is 0.779. The second-order valence-corrected chi connectivity index (χ2v) is 16.6. The summed E-state index contributed by atoms with van der Waals surface area (Å²) in [6.45, 7) is 0. The monoisotopic (exact) mass is 815 g/mol. The van der Waals surface area contributed by atoms with Crippen LogP contribution in [0.2, 0.25) is 0 Å². The number of thiophene rings is 1. The first-order valence-corrected chi connectivity index (χ1v) is 21.5. The molecule has 0 amide bonds. The molecule has 292 valence electrons. The van der Waals surface area contributed by atoms with Crippen LogP contribution in [0.1, 0.15) is 31.8 Å². The molecule has 0 fully saturated rings. The predicted molar refractivity (Wildman–Crippen MR) is 264 cm³/mol. The molecule has 1 aliphatic rings. The molecule has 0 aliphatic heterocycles. The Bertz CT molecular complexity index is 3620. The second kappa shape index (κ2) is 14.8. The maximum atomic E-state index is 10.3. The third-order valence-corrected chi connectivity index (χ3v) is 13.3. The van der Waals surface area contributed by atoms with Crippen molar-refractivity contribution in [1.29, 1.82) is 0 Å². The number of hydrogen-bond donors (Lipinski definition) is 0. The standard InChI is InChI=1S/C59H40N2S/c1-5-20-44(21-6-1)60(45-22-7-2-8-23-45)48-34-36-54-52(39-48)53-40-49(61(46-24-9-3-10-25-46)47-26-11-4-12-27-47)35-37-55(53)59(54,43-33-32-41-18-13-14-19-42(41)38-43)56-30-17-29-51-50-28-15-16-31-57(50)62-58(51)56/h1-40H/i13D,14D,18D,19D,32D,33D,38D. The van der Waals surface area contributed by atoms with Gasteiger partial charge in [-0.2, -0.15) is 0 Å². The SMILES string of the molecule is [2H]c1c([2H])c([2H])c2c([2H])c(C3(c4cccc5c4sc4ccccc45)c4ccc(N(c5ccccc5)c5ccccc5)cc4-c4cc(N(c5ccccc5)c5ccccc5)ccc43)c([2H])c([2H])c2c1[2H]. The number of para-hydroxylation sites is 4. The Kier molecular flexibility index (Phi) is 7.03. The van der Waals surface area contributed by atoms with Crippen molar-refractivity contribution < 1.29 is 9.60 Å². The van der Waals surface area contributed by atoms with Gasteiger partial charge < -0.3 is 9.80 Å². The molecule has 0 bridgehead atoms. The molecule has 0 spiro atoms. The average Bonchev–Trinajstić information content (AvgIpc) is 3.91. The van der Waals surface area contributed by atoms with Crippen LogP contribution >= 0.6 is 11.3 Å². The normalized spacial score (nSPS) is 14.2. The fraction of sp³-hybridized carbons (Fsp3) is 0.0169. The lowest BCUT2D eigenvalue weighted by atomic mass is 9.67. The minimum absolute atomic E-state index is 0.0817. The van der Waals surface area contributed by atoms with E-state index in [1.807, 2.05) is 91.0 Å². The molecular formula is C59H40N2S. The zero-order chi connectivity index (χ0) is 47.1. The predicted octanol–water partition coefficient (Wildman–Crippen LogP) is 16.5. The fourth-order valence-corrected chi connectivity index (χ4v) is 10.8. The lowest BCUT2D eigenvalue weighted by Crippen LogP contribution is -2.29. The highest BCUT2D eigenvalue weighted by molar-refractivity contribution is 7.26. The second-order valence-electron chi connectivity index (χ2n) is 15.5. The number of nitrogens with zero attached hydrogens (tertiary/aromatic N) is 2. The van der Waals surface area contributed by atoms with E-state index < -0.39 is 29.6 Å². The summed E-state index contributed by atoms with van der Waals surface area (Å²) in [6, 6.07) is 65.5. The first-order valence-electron chi connectivity index (χ1n) is 24.2. The third-order valence-electron chi connectivity index (χ3n) is 12.1. The van der Waals surface area contributed by atoms with Gasteiger partial charge in [0.05, 0.1) is 15.0 Å². The van der Waals surface area contributed by atoms with Gasteiger partial charge in [-0.3, -0.25) is 0 Å². The Morgan fingerprint density at radius 2 is 0.871 bits per heavy atom. The molecule has 11 aromatic rings. The van der Waals surface area contributed by atoms with E-state index in [1.165, 1.54) is 0 Å². The van der Waals surface area contributed by atoms with Crippen molar-refractivity contribution in [1.82, 2.24) is 0 Å². The Morgan fingerprint density at radius 1 is 0.387 bits per heavy atom. The summed E-state index contributed by atoms with van der Waals surface area (Å²) in [5.41, 5.74) is 8.46. The zero-order valence-electron chi connectivity index (χ0n) is 40.4. The molecule has 1 heterocycles. The van der Waals surface area contributed by atoms with E-state index in [2.05, 4.69) is 119 Å². The van der Waals surface area contributed by atoms with Gasteiger partial charge in [-0.05, 0) is 129 Å². The molecule has 3 heteroatoms. The van der Waals surface area contributed by atoms with E-state index >= 15 is 0 Å². The molecule has 0 atom stereocenters. The van der Waals surface area contributed by atoms with Gasteiger partial charge in [0, 0.05) is 54.3 Å². The van der Waals surface area contributed by atoms with Crippen LogP contribution in [-0.4, -0.2) is 0 Å². The first kappa shape index (κ1) is 29.5. The topological polar surface area (TPSA) is 6.48 Å². The summed E-state index contributed by atoms with van der Waals surface area (Å²) >= 11 is 1.64. The van der Waals surface area contributed by atoms with Crippen LogP contribution in [0.15, 0.2) is 242 Å². The maximum absolute atomic E-state index is 10.3. The van der Waals surface area contributed by atoms with Crippen molar-refractivity contribution in [3.05, 3.63) is 265 Å². The third kappa shape index (κ3) is 5.70. The summed E-state index contributed by atoms with van der Waals surface area (Å²) in [5.74, 6) is 0. The van der Waals surface area contributed by atoms with Gasteiger partial charge in [0.15, 0.2) is 0 Å². The van der Waals surface area contributed by atoms with Crippen LogP contribution in [0.5, 0.6) is 0 Å².